The predicted octanol–water partition coefficient (Wildman–Crippen LogP) is 5.88. The van der Waals surface area contributed by atoms with Crippen LogP contribution in [0.2, 0.25) is 0 Å². The average Bonchev–Trinajstić information content (AvgIpc) is 3.22. The van der Waals surface area contributed by atoms with Gasteiger partial charge < -0.3 is 9.88 Å². The lowest BCUT2D eigenvalue weighted by molar-refractivity contribution is 0.800. The van der Waals surface area contributed by atoms with Crippen molar-refractivity contribution in [3.63, 3.8) is 0 Å². The third kappa shape index (κ3) is 3.89. The van der Waals surface area contributed by atoms with Crippen LogP contribution in [0.4, 0.5) is 11.4 Å². The highest BCUT2D eigenvalue weighted by Crippen LogP contribution is 2.25. The molecule has 138 valence electrons. The molecule has 3 aromatic carbocycles. The van der Waals surface area contributed by atoms with Crippen LogP contribution >= 0.6 is 0 Å². The Morgan fingerprint density at radius 1 is 0.893 bits per heavy atom. The summed E-state index contributed by atoms with van der Waals surface area (Å²) in [5, 5.41) is 0. The standard InChI is InChI=1S/C24H22N4/c1-3-18-4-6-19(7-5-18)15-28(16-20-8-10-21(25-2)11-9-20)22-12-13-23-24(14-22)27-17-26-23/h4-14,17H,3,15-16H2,1H3,(H,26,27). The summed E-state index contributed by atoms with van der Waals surface area (Å²) in [6.07, 6.45) is 2.78. The van der Waals surface area contributed by atoms with Crippen molar-refractivity contribution < 1.29 is 0 Å². The third-order valence-corrected chi connectivity index (χ3v) is 5.01. The summed E-state index contributed by atoms with van der Waals surface area (Å²) >= 11 is 0. The van der Waals surface area contributed by atoms with Crippen molar-refractivity contribution in [2.24, 2.45) is 0 Å². The molecule has 1 heterocycles. The van der Waals surface area contributed by atoms with Gasteiger partial charge in [-0.1, -0.05) is 55.5 Å². The number of nitrogens with one attached hydrogen (secondary N) is 1. The number of rotatable bonds is 6. The molecule has 1 N–H and O–H groups in total. The number of nitrogens with zero attached hydrogens (tertiary/aromatic N) is 3. The molecule has 0 fully saturated rings. The molecule has 0 atom stereocenters. The summed E-state index contributed by atoms with van der Waals surface area (Å²) in [6.45, 7) is 10.9. The van der Waals surface area contributed by atoms with Crippen LogP contribution in [0.25, 0.3) is 15.9 Å². The van der Waals surface area contributed by atoms with Crippen LogP contribution in [0.3, 0.4) is 0 Å². The van der Waals surface area contributed by atoms with Crippen molar-refractivity contribution in [1.82, 2.24) is 9.97 Å². The maximum Gasteiger partial charge on any atom is 0.187 e. The molecule has 0 aliphatic heterocycles. The molecule has 4 nitrogen and oxygen atoms in total. The molecule has 0 saturated carbocycles. The van der Waals surface area contributed by atoms with E-state index in [-0.39, 0.29) is 0 Å². The van der Waals surface area contributed by atoms with Gasteiger partial charge in [-0.15, -0.1) is 0 Å². The van der Waals surface area contributed by atoms with E-state index in [1.165, 1.54) is 16.7 Å². The molecule has 4 aromatic rings. The topological polar surface area (TPSA) is 36.3 Å². The summed E-state index contributed by atoms with van der Waals surface area (Å²) in [7, 11) is 0. The van der Waals surface area contributed by atoms with E-state index in [4.69, 9.17) is 6.57 Å². The van der Waals surface area contributed by atoms with Crippen LogP contribution in [-0.4, -0.2) is 9.97 Å². The minimum atomic E-state index is 0.670. The summed E-state index contributed by atoms with van der Waals surface area (Å²) in [4.78, 5) is 13.4. The molecular weight excluding hydrogens is 344 g/mol. The molecule has 0 amide bonds. The molecule has 4 heteroatoms. The highest BCUT2D eigenvalue weighted by molar-refractivity contribution is 5.79. The zero-order valence-electron chi connectivity index (χ0n) is 15.9. The molecule has 0 radical (unpaired) electrons. The van der Waals surface area contributed by atoms with Crippen LogP contribution in [0, 0.1) is 6.57 Å². The van der Waals surface area contributed by atoms with Gasteiger partial charge in [-0.3, -0.25) is 0 Å². The first-order valence-electron chi connectivity index (χ1n) is 9.47. The molecule has 1 aromatic heterocycles. The van der Waals surface area contributed by atoms with Crippen molar-refractivity contribution in [2.75, 3.05) is 4.90 Å². The van der Waals surface area contributed by atoms with Crippen molar-refractivity contribution in [2.45, 2.75) is 26.4 Å². The minimum Gasteiger partial charge on any atom is -0.363 e. The van der Waals surface area contributed by atoms with E-state index in [0.717, 1.165) is 36.2 Å². The SMILES string of the molecule is [C-]#[N+]c1ccc(CN(Cc2ccc(CC)cc2)c2ccc3[nH]cnc3c2)cc1. The van der Waals surface area contributed by atoms with Crippen molar-refractivity contribution in [1.29, 1.82) is 0 Å². The van der Waals surface area contributed by atoms with Crippen LogP contribution in [-0.2, 0) is 19.5 Å². The van der Waals surface area contributed by atoms with Gasteiger partial charge in [0.15, 0.2) is 5.69 Å². The summed E-state index contributed by atoms with van der Waals surface area (Å²) < 4.78 is 0. The van der Waals surface area contributed by atoms with E-state index in [9.17, 15) is 0 Å². The highest BCUT2D eigenvalue weighted by atomic mass is 15.1. The van der Waals surface area contributed by atoms with E-state index < -0.39 is 0 Å². The quantitative estimate of drug-likeness (QED) is 0.432. The van der Waals surface area contributed by atoms with Crippen molar-refractivity contribution in [3.05, 3.63) is 101 Å². The predicted molar refractivity (Wildman–Crippen MR) is 115 cm³/mol. The van der Waals surface area contributed by atoms with E-state index in [0.29, 0.717) is 5.69 Å². The van der Waals surface area contributed by atoms with Gasteiger partial charge in [-0.05, 0) is 41.3 Å². The number of aromatic amines is 1. The number of aromatic nitrogens is 2. The first kappa shape index (κ1) is 17.8. The second-order valence-corrected chi connectivity index (χ2v) is 6.91. The normalized spacial score (nSPS) is 10.7. The maximum atomic E-state index is 7.14. The number of imidazole rings is 1. The zero-order chi connectivity index (χ0) is 19.3. The smallest absolute Gasteiger partial charge is 0.187 e. The Bertz CT molecular complexity index is 1100. The number of hydrogen-bond donors (Lipinski definition) is 1. The van der Waals surface area contributed by atoms with Gasteiger partial charge in [-0.25, -0.2) is 9.83 Å². The Kier molecular flexibility index (Phi) is 5.07. The number of fused-ring (bicyclic) bond motifs is 1. The Morgan fingerprint density at radius 2 is 1.54 bits per heavy atom. The molecule has 4 rings (SSSR count). The number of H-pyrrole nitrogens is 1. The lowest BCUT2D eigenvalue weighted by Crippen LogP contribution is -2.22. The van der Waals surface area contributed by atoms with Gasteiger partial charge in [-0.2, -0.15) is 0 Å². The maximum absolute atomic E-state index is 7.14. The Morgan fingerprint density at radius 3 is 2.18 bits per heavy atom. The molecular formula is C24H22N4. The van der Waals surface area contributed by atoms with E-state index in [1.54, 1.807) is 6.33 Å². The van der Waals surface area contributed by atoms with Gasteiger partial charge in [0.25, 0.3) is 0 Å². The summed E-state index contributed by atoms with van der Waals surface area (Å²) in [5.41, 5.74) is 7.61. The first-order chi connectivity index (χ1) is 13.7. The van der Waals surface area contributed by atoms with Gasteiger partial charge >= 0.3 is 0 Å². The monoisotopic (exact) mass is 366 g/mol. The van der Waals surface area contributed by atoms with Gasteiger partial charge in [0, 0.05) is 18.8 Å². The number of aryl methyl sites for hydroxylation is 1. The fourth-order valence-corrected chi connectivity index (χ4v) is 3.35. The lowest BCUT2D eigenvalue weighted by Gasteiger charge is -2.25. The van der Waals surface area contributed by atoms with Crippen LogP contribution in [0.15, 0.2) is 73.1 Å². The second kappa shape index (κ2) is 7.98. The highest BCUT2D eigenvalue weighted by Gasteiger charge is 2.11. The third-order valence-electron chi connectivity index (χ3n) is 5.01. The Labute approximate surface area is 165 Å². The summed E-state index contributed by atoms with van der Waals surface area (Å²) in [5.74, 6) is 0. The average molecular weight is 366 g/mol. The van der Waals surface area contributed by atoms with E-state index in [2.05, 4.69) is 69.1 Å². The van der Waals surface area contributed by atoms with Crippen LogP contribution in [0.5, 0.6) is 0 Å². The Balaban J connectivity index is 1.65. The van der Waals surface area contributed by atoms with Crippen molar-refractivity contribution >= 4 is 22.4 Å². The zero-order valence-corrected chi connectivity index (χ0v) is 15.9. The second-order valence-electron chi connectivity index (χ2n) is 6.91. The largest absolute Gasteiger partial charge is 0.363 e. The molecule has 0 saturated heterocycles. The van der Waals surface area contributed by atoms with Gasteiger partial charge in [0.05, 0.1) is 23.9 Å². The molecule has 28 heavy (non-hydrogen) atoms. The van der Waals surface area contributed by atoms with Crippen LogP contribution < -0.4 is 4.90 Å². The fourth-order valence-electron chi connectivity index (χ4n) is 3.35. The van der Waals surface area contributed by atoms with E-state index in [1.807, 2.05) is 24.3 Å². The van der Waals surface area contributed by atoms with Gasteiger partial charge in [0.2, 0.25) is 0 Å². The molecule has 0 bridgehead atoms. The minimum absolute atomic E-state index is 0.670. The molecule has 0 aliphatic rings. The van der Waals surface area contributed by atoms with Crippen molar-refractivity contribution in [3.8, 4) is 0 Å². The number of hydrogen-bond acceptors (Lipinski definition) is 2. The molecule has 0 aliphatic carbocycles. The van der Waals surface area contributed by atoms with Gasteiger partial charge in [0.1, 0.15) is 0 Å². The molecule has 0 spiro atoms. The fraction of sp³-hybridized carbons (Fsp3) is 0.167. The lowest BCUT2D eigenvalue weighted by atomic mass is 10.1. The first-order valence-corrected chi connectivity index (χ1v) is 9.47. The number of benzene rings is 3. The number of anilines is 1. The summed E-state index contributed by atoms with van der Waals surface area (Å²) in [6, 6.07) is 23.0. The Hall–Kier alpha value is -3.58. The van der Waals surface area contributed by atoms with Crippen LogP contribution in [0.1, 0.15) is 23.6 Å². The molecule has 0 unspecified atom stereocenters. The van der Waals surface area contributed by atoms with E-state index >= 15 is 0 Å².